The highest BCUT2D eigenvalue weighted by molar-refractivity contribution is 5.94. The summed E-state index contributed by atoms with van der Waals surface area (Å²) < 4.78 is 0. The molecule has 0 fully saturated rings. The zero-order chi connectivity index (χ0) is 15.0. The molecule has 0 heterocycles. The van der Waals surface area contributed by atoms with E-state index in [2.05, 4.69) is 5.32 Å². The van der Waals surface area contributed by atoms with Gasteiger partial charge in [0.25, 0.3) is 0 Å². The van der Waals surface area contributed by atoms with Gasteiger partial charge in [-0.05, 0) is 18.6 Å². The number of primary amides is 1. The van der Waals surface area contributed by atoms with Crippen molar-refractivity contribution in [3.63, 3.8) is 0 Å². The quantitative estimate of drug-likeness (QED) is 0.676. The van der Waals surface area contributed by atoms with Gasteiger partial charge in [0.1, 0.15) is 0 Å². The summed E-state index contributed by atoms with van der Waals surface area (Å²) in [5, 5.41) is 11.0. The van der Waals surface area contributed by atoms with Crippen LogP contribution in [0.25, 0.3) is 0 Å². The van der Waals surface area contributed by atoms with Crippen molar-refractivity contribution in [1.29, 1.82) is 0 Å². The fraction of sp³-hybridized carbons (Fsp3) is 0.308. The van der Waals surface area contributed by atoms with Crippen LogP contribution in [0.3, 0.4) is 0 Å². The van der Waals surface area contributed by atoms with E-state index >= 15 is 0 Å². The number of nitrogens with two attached hydrogens (primary N) is 1. The average Bonchev–Trinajstić information content (AvgIpc) is 2.41. The molecule has 3 amide bonds. The number of nitrogens with zero attached hydrogens (tertiary/aromatic N) is 1. The number of amides is 3. The predicted molar refractivity (Wildman–Crippen MR) is 73.3 cm³/mol. The maximum absolute atomic E-state index is 12.0. The first-order valence-electron chi connectivity index (χ1n) is 6.11. The summed E-state index contributed by atoms with van der Waals surface area (Å²) >= 11 is 0. The van der Waals surface area contributed by atoms with E-state index < -0.39 is 17.9 Å². The summed E-state index contributed by atoms with van der Waals surface area (Å²) in [5.74, 6) is -1.56. The molecule has 0 aliphatic rings. The van der Waals surface area contributed by atoms with Crippen LogP contribution in [0.5, 0.6) is 0 Å². The Hall–Kier alpha value is -2.57. The second kappa shape index (κ2) is 7.78. The van der Waals surface area contributed by atoms with Gasteiger partial charge in [-0.15, -0.1) is 0 Å². The zero-order valence-corrected chi connectivity index (χ0v) is 10.9. The molecule has 4 N–H and O–H groups in total. The number of hydrogen-bond acceptors (Lipinski definition) is 3. The number of benzene rings is 1. The van der Waals surface area contributed by atoms with Gasteiger partial charge >= 0.3 is 12.0 Å². The molecule has 7 heteroatoms. The number of rotatable bonds is 7. The van der Waals surface area contributed by atoms with Crippen LogP contribution in [0.2, 0.25) is 0 Å². The van der Waals surface area contributed by atoms with Crippen molar-refractivity contribution >= 4 is 23.6 Å². The smallest absolute Gasteiger partial charge is 0.322 e. The van der Waals surface area contributed by atoms with Gasteiger partial charge < -0.3 is 16.2 Å². The summed E-state index contributed by atoms with van der Waals surface area (Å²) in [6, 6.07) is 8.30. The van der Waals surface area contributed by atoms with Gasteiger partial charge in [-0.2, -0.15) is 0 Å². The van der Waals surface area contributed by atoms with Gasteiger partial charge in [0, 0.05) is 18.7 Å². The van der Waals surface area contributed by atoms with E-state index in [0.717, 1.165) is 0 Å². The molecule has 0 bridgehead atoms. The average molecular weight is 279 g/mol. The Bertz CT molecular complexity index is 476. The van der Waals surface area contributed by atoms with Crippen molar-refractivity contribution in [3.8, 4) is 0 Å². The molecule has 1 rings (SSSR count). The Morgan fingerprint density at radius 3 is 2.40 bits per heavy atom. The second-order valence-corrected chi connectivity index (χ2v) is 4.11. The maximum atomic E-state index is 12.0. The lowest BCUT2D eigenvalue weighted by atomic mass is 10.2. The van der Waals surface area contributed by atoms with Crippen LogP contribution in [-0.4, -0.2) is 36.1 Å². The van der Waals surface area contributed by atoms with Crippen LogP contribution in [0.4, 0.5) is 10.5 Å². The van der Waals surface area contributed by atoms with Gasteiger partial charge in [-0.3, -0.25) is 14.5 Å². The molecule has 0 spiro atoms. The Balaban J connectivity index is 2.71. The fourth-order valence-electron chi connectivity index (χ4n) is 1.60. The van der Waals surface area contributed by atoms with Gasteiger partial charge in [0.05, 0.1) is 6.54 Å². The lowest BCUT2D eigenvalue weighted by Crippen LogP contribution is -2.44. The first kappa shape index (κ1) is 15.5. The maximum Gasteiger partial charge on any atom is 0.322 e. The molecule has 0 aliphatic heterocycles. The predicted octanol–water partition coefficient (Wildman–Crippen LogP) is 0.553. The first-order valence-corrected chi connectivity index (χ1v) is 6.11. The summed E-state index contributed by atoms with van der Waals surface area (Å²) in [6.45, 7) is -0.0258. The normalized spacial score (nSPS) is 9.80. The summed E-state index contributed by atoms with van der Waals surface area (Å²) in [6.07, 6.45) is 0.278. The number of hydrogen-bond donors (Lipinski definition) is 3. The van der Waals surface area contributed by atoms with E-state index in [-0.39, 0.29) is 19.5 Å². The minimum Gasteiger partial charge on any atom is -0.481 e. The van der Waals surface area contributed by atoms with Crippen molar-refractivity contribution in [2.24, 2.45) is 5.73 Å². The molecule has 0 radical (unpaired) electrons. The van der Waals surface area contributed by atoms with Gasteiger partial charge in [0.15, 0.2) is 0 Å². The Labute approximate surface area is 116 Å². The lowest BCUT2D eigenvalue weighted by molar-refractivity contribution is -0.137. The van der Waals surface area contributed by atoms with E-state index in [4.69, 9.17) is 10.8 Å². The van der Waals surface area contributed by atoms with Gasteiger partial charge in [-0.25, -0.2) is 4.79 Å². The number of nitrogens with one attached hydrogen (secondary N) is 1. The number of urea groups is 1. The topological polar surface area (TPSA) is 113 Å². The molecular formula is C13H17N3O4. The van der Waals surface area contributed by atoms with Crippen molar-refractivity contribution in [2.45, 2.75) is 12.8 Å². The van der Waals surface area contributed by atoms with Crippen molar-refractivity contribution in [1.82, 2.24) is 5.32 Å². The van der Waals surface area contributed by atoms with E-state index in [1.165, 1.54) is 4.90 Å². The van der Waals surface area contributed by atoms with Crippen LogP contribution in [0.1, 0.15) is 12.8 Å². The lowest BCUT2D eigenvalue weighted by Gasteiger charge is -2.22. The molecular weight excluding hydrogens is 262 g/mol. The minimum atomic E-state index is -0.921. The third-order valence-electron chi connectivity index (χ3n) is 2.50. The molecule has 108 valence electrons. The Kier molecular flexibility index (Phi) is 6.02. The molecule has 0 aliphatic carbocycles. The third kappa shape index (κ3) is 5.38. The fourth-order valence-corrected chi connectivity index (χ4v) is 1.60. The van der Waals surface area contributed by atoms with Crippen LogP contribution in [0.15, 0.2) is 30.3 Å². The minimum absolute atomic E-state index is 0.0353. The number of para-hydroxylation sites is 1. The summed E-state index contributed by atoms with van der Waals surface area (Å²) in [7, 11) is 0. The number of carbonyl (C=O) groups is 3. The zero-order valence-electron chi connectivity index (χ0n) is 10.9. The number of carboxylic acid groups (broad SMARTS) is 1. The SMILES string of the molecule is NC(=O)CNC(=O)N(CCCC(=O)O)c1ccccc1. The molecule has 0 atom stereocenters. The highest BCUT2D eigenvalue weighted by Gasteiger charge is 2.15. The van der Waals surface area contributed by atoms with E-state index in [0.29, 0.717) is 12.1 Å². The highest BCUT2D eigenvalue weighted by Crippen LogP contribution is 2.14. The second-order valence-electron chi connectivity index (χ2n) is 4.11. The summed E-state index contributed by atoms with van der Waals surface area (Å²) in [5.41, 5.74) is 5.59. The van der Waals surface area contributed by atoms with Gasteiger partial charge in [0.2, 0.25) is 5.91 Å². The molecule has 20 heavy (non-hydrogen) atoms. The molecule has 0 saturated heterocycles. The van der Waals surface area contributed by atoms with Crippen LogP contribution in [-0.2, 0) is 9.59 Å². The molecule has 7 nitrogen and oxygen atoms in total. The first-order chi connectivity index (χ1) is 9.50. The largest absolute Gasteiger partial charge is 0.481 e. The molecule has 0 unspecified atom stereocenters. The molecule has 0 saturated carbocycles. The molecule has 0 aromatic heterocycles. The third-order valence-corrected chi connectivity index (χ3v) is 2.50. The number of aliphatic carboxylic acids is 1. The van der Waals surface area contributed by atoms with Crippen molar-refractivity contribution in [2.75, 3.05) is 18.0 Å². The molecule has 1 aromatic carbocycles. The van der Waals surface area contributed by atoms with E-state index in [1.807, 2.05) is 0 Å². The van der Waals surface area contributed by atoms with E-state index in [9.17, 15) is 14.4 Å². The number of carbonyl (C=O) groups excluding carboxylic acids is 2. The number of carboxylic acids is 1. The van der Waals surface area contributed by atoms with Crippen LogP contribution in [0, 0.1) is 0 Å². The summed E-state index contributed by atoms with van der Waals surface area (Å²) in [4.78, 5) is 34.6. The Morgan fingerprint density at radius 1 is 1.20 bits per heavy atom. The van der Waals surface area contributed by atoms with E-state index in [1.54, 1.807) is 30.3 Å². The standard InChI is InChI=1S/C13H17N3O4/c14-11(17)9-15-13(20)16(8-4-7-12(18)19)10-5-2-1-3-6-10/h1-3,5-6H,4,7-9H2,(H2,14,17)(H,15,20)(H,18,19). The van der Waals surface area contributed by atoms with Crippen molar-refractivity contribution < 1.29 is 19.5 Å². The van der Waals surface area contributed by atoms with Crippen molar-refractivity contribution in [3.05, 3.63) is 30.3 Å². The molecule has 1 aromatic rings. The number of anilines is 1. The monoisotopic (exact) mass is 279 g/mol. The van der Waals surface area contributed by atoms with Crippen LogP contribution < -0.4 is 16.0 Å². The van der Waals surface area contributed by atoms with Gasteiger partial charge in [-0.1, -0.05) is 18.2 Å². The van der Waals surface area contributed by atoms with Crippen LogP contribution >= 0.6 is 0 Å². The highest BCUT2D eigenvalue weighted by atomic mass is 16.4. The Morgan fingerprint density at radius 2 is 1.85 bits per heavy atom.